The van der Waals surface area contributed by atoms with Crippen LogP contribution in [-0.2, 0) is 11.3 Å². The zero-order chi connectivity index (χ0) is 12.4. The number of thiazole rings is 1. The van der Waals surface area contributed by atoms with Crippen LogP contribution in [0.1, 0.15) is 30.0 Å². The summed E-state index contributed by atoms with van der Waals surface area (Å²) in [6, 6.07) is 0.207. The van der Waals surface area contributed by atoms with Gasteiger partial charge in [0.25, 0.3) is 0 Å². The Morgan fingerprint density at radius 2 is 2.21 bits per heavy atom. The SMILES string of the molecule is Cc1nc(CN(C)C(=O)C2CCC(N)C2)cs1.Cl.Cl. The topological polar surface area (TPSA) is 59.2 Å². The molecule has 1 fully saturated rings. The van der Waals surface area contributed by atoms with Gasteiger partial charge in [0.2, 0.25) is 5.91 Å². The molecule has 0 spiro atoms. The molecule has 0 radical (unpaired) electrons. The van der Waals surface area contributed by atoms with Gasteiger partial charge in [0.15, 0.2) is 0 Å². The van der Waals surface area contributed by atoms with E-state index in [1.807, 2.05) is 19.4 Å². The highest BCUT2D eigenvalue weighted by atomic mass is 35.5. The van der Waals surface area contributed by atoms with E-state index in [-0.39, 0.29) is 42.7 Å². The van der Waals surface area contributed by atoms with E-state index in [4.69, 9.17) is 5.73 Å². The average molecular weight is 326 g/mol. The number of nitrogens with two attached hydrogens (primary N) is 1. The second-order valence-electron chi connectivity index (χ2n) is 4.82. The lowest BCUT2D eigenvalue weighted by molar-refractivity contribution is -0.134. The van der Waals surface area contributed by atoms with Gasteiger partial charge < -0.3 is 10.6 Å². The second-order valence-corrected chi connectivity index (χ2v) is 5.88. The van der Waals surface area contributed by atoms with Crippen LogP contribution in [0, 0.1) is 12.8 Å². The summed E-state index contributed by atoms with van der Waals surface area (Å²) in [5.41, 5.74) is 6.82. The molecule has 1 heterocycles. The molecule has 2 N–H and O–H groups in total. The van der Waals surface area contributed by atoms with Crippen molar-refractivity contribution in [2.75, 3.05) is 7.05 Å². The molecule has 2 rings (SSSR count). The molecule has 1 aromatic heterocycles. The average Bonchev–Trinajstić information content (AvgIpc) is 2.87. The first kappa shape index (κ1) is 18.6. The van der Waals surface area contributed by atoms with Crippen molar-refractivity contribution in [3.63, 3.8) is 0 Å². The summed E-state index contributed by atoms with van der Waals surface area (Å²) in [4.78, 5) is 18.3. The number of hydrogen-bond acceptors (Lipinski definition) is 4. The van der Waals surface area contributed by atoms with Crippen LogP contribution >= 0.6 is 36.2 Å². The minimum absolute atomic E-state index is 0. The molecule has 19 heavy (non-hydrogen) atoms. The van der Waals surface area contributed by atoms with E-state index in [1.165, 1.54) is 0 Å². The first-order valence-electron chi connectivity index (χ1n) is 5.98. The number of nitrogens with zero attached hydrogens (tertiary/aromatic N) is 2. The Balaban J connectivity index is 0.00000162. The van der Waals surface area contributed by atoms with E-state index in [9.17, 15) is 4.79 Å². The molecule has 4 nitrogen and oxygen atoms in total. The van der Waals surface area contributed by atoms with Crippen LogP contribution in [0.3, 0.4) is 0 Å². The number of carbonyl (C=O) groups is 1. The molecule has 1 aliphatic carbocycles. The molecule has 1 amide bonds. The molecule has 0 saturated heterocycles. The maximum absolute atomic E-state index is 12.1. The molecule has 1 saturated carbocycles. The summed E-state index contributed by atoms with van der Waals surface area (Å²) >= 11 is 1.62. The summed E-state index contributed by atoms with van der Waals surface area (Å²) in [5, 5.41) is 3.06. The normalized spacial score (nSPS) is 21.4. The van der Waals surface area contributed by atoms with E-state index in [1.54, 1.807) is 16.2 Å². The molecule has 1 aliphatic rings. The summed E-state index contributed by atoms with van der Waals surface area (Å²) in [6.45, 7) is 2.58. The van der Waals surface area contributed by atoms with Crippen LogP contribution in [0.25, 0.3) is 0 Å². The highest BCUT2D eigenvalue weighted by molar-refractivity contribution is 7.09. The number of carbonyl (C=O) groups excluding carboxylic acids is 1. The monoisotopic (exact) mass is 325 g/mol. The van der Waals surface area contributed by atoms with Crippen LogP contribution < -0.4 is 5.73 Å². The van der Waals surface area contributed by atoms with Gasteiger partial charge in [-0.1, -0.05) is 0 Å². The van der Waals surface area contributed by atoms with Gasteiger partial charge in [-0.3, -0.25) is 4.79 Å². The van der Waals surface area contributed by atoms with Crippen molar-refractivity contribution in [2.45, 2.75) is 38.8 Å². The predicted octanol–water partition coefficient (Wildman–Crippen LogP) is 2.38. The molecule has 2 atom stereocenters. The van der Waals surface area contributed by atoms with Crippen LogP contribution in [-0.4, -0.2) is 28.9 Å². The summed E-state index contributed by atoms with van der Waals surface area (Å²) in [6.07, 6.45) is 2.74. The van der Waals surface area contributed by atoms with Gasteiger partial charge in [0.1, 0.15) is 0 Å². The molecule has 7 heteroatoms. The molecule has 1 aromatic rings. The van der Waals surface area contributed by atoms with Crippen LogP contribution in [0.4, 0.5) is 0 Å². The molecule has 2 unspecified atom stereocenters. The van der Waals surface area contributed by atoms with Gasteiger partial charge in [-0.05, 0) is 26.2 Å². The number of aromatic nitrogens is 1. The van der Waals surface area contributed by atoms with E-state index < -0.39 is 0 Å². The fourth-order valence-electron chi connectivity index (χ4n) is 2.35. The van der Waals surface area contributed by atoms with E-state index in [0.29, 0.717) is 6.54 Å². The highest BCUT2D eigenvalue weighted by Gasteiger charge is 2.29. The van der Waals surface area contributed by atoms with E-state index in [2.05, 4.69) is 4.98 Å². The Labute approximate surface area is 130 Å². The summed E-state index contributed by atoms with van der Waals surface area (Å²) < 4.78 is 0. The Morgan fingerprint density at radius 1 is 1.53 bits per heavy atom. The smallest absolute Gasteiger partial charge is 0.225 e. The number of hydrogen-bond donors (Lipinski definition) is 1. The minimum atomic E-state index is 0. The van der Waals surface area contributed by atoms with Crippen molar-refractivity contribution >= 4 is 42.1 Å². The third kappa shape index (κ3) is 4.91. The largest absolute Gasteiger partial charge is 0.340 e. The Kier molecular flexibility index (Phi) is 7.89. The van der Waals surface area contributed by atoms with Gasteiger partial charge in [0, 0.05) is 24.4 Å². The number of amides is 1. The van der Waals surface area contributed by atoms with Crippen LogP contribution in [0.2, 0.25) is 0 Å². The van der Waals surface area contributed by atoms with Crippen molar-refractivity contribution < 1.29 is 4.79 Å². The highest BCUT2D eigenvalue weighted by Crippen LogP contribution is 2.26. The quantitative estimate of drug-likeness (QED) is 0.928. The molecular weight excluding hydrogens is 305 g/mol. The van der Waals surface area contributed by atoms with Gasteiger partial charge in [0.05, 0.1) is 17.2 Å². The molecular formula is C12H21Cl2N3OS. The number of rotatable bonds is 3. The van der Waals surface area contributed by atoms with Gasteiger partial charge in [-0.25, -0.2) is 4.98 Å². The zero-order valence-electron chi connectivity index (χ0n) is 11.2. The van der Waals surface area contributed by atoms with Gasteiger partial charge in [-0.15, -0.1) is 36.2 Å². The van der Waals surface area contributed by atoms with Crippen LogP contribution in [0.15, 0.2) is 5.38 Å². The maximum atomic E-state index is 12.1. The standard InChI is InChI=1S/C12H19N3OS.2ClH/c1-8-14-11(7-17-8)6-15(2)12(16)9-3-4-10(13)5-9;;/h7,9-10H,3-6,13H2,1-2H3;2*1H. The second kappa shape index (κ2) is 8.04. The molecule has 0 aromatic carbocycles. The Morgan fingerprint density at radius 3 is 2.68 bits per heavy atom. The Hall–Kier alpha value is -0.360. The third-order valence-corrected chi connectivity index (χ3v) is 4.09. The summed E-state index contributed by atoms with van der Waals surface area (Å²) in [5.74, 6) is 0.332. The Bertz CT molecular complexity index is 413. The molecule has 0 aliphatic heterocycles. The third-order valence-electron chi connectivity index (χ3n) is 3.26. The fourth-order valence-corrected chi connectivity index (χ4v) is 2.96. The lowest BCUT2D eigenvalue weighted by Crippen LogP contribution is -2.32. The van der Waals surface area contributed by atoms with Crippen molar-refractivity contribution in [2.24, 2.45) is 11.7 Å². The van der Waals surface area contributed by atoms with Crippen molar-refractivity contribution in [1.29, 1.82) is 0 Å². The van der Waals surface area contributed by atoms with Crippen molar-refractivity contribution in [3.8, 4) is 0 Å². The van der Waals surface area contributed by atoms with Crippen LogP contribution in [0.5, 0.6) is 0 Å². The lowest BCUT2D eigenvalue weighted by Gasteiger charge is -2.20. The number of aryl methyl sites for hydroxylation is 1. The lowest BCUT2D eigenvalue weighted by atomic mass is 10.1. The van der Waals surface area contributed by atoms with Crippen molar-refractivity contribution in [1.82, 2.24) is 9.88 Å². The predicted molar refractivity (Wildman–Crippen MR) is 83.1 cm³/mol. The van der Waals surface area contributed by atoms with Crippen molar-refractivity contribution in [3.05, 3.63) is 16.1 Å². The summed E-state index contributed by atoms with van der Waals surface area (Å²) in [7, 11) is 1.85. The van der Waals surface area contributed by atoms with Gasteiger partial charge >= 0.3 is 0 Å². The molecule has 0 bridgehead atoms. The fraction of sp³-hybridized carbons (Fsp3) is 0.667. The first-order chi connectivity index (χ1) is 8.06. The minimum Gasteiger partial charge on any atom is -0.340 e. The molecule has 110 valence electrons. The first-order valence-corrected chi connectivity index (χ1v) is 6.86. The maximum Gasteiger partial charge on any atom is 0.225 e. The number of halogens is 2. The van der Waals surface area contributed by atoms with E-state index in [0.717, 1.165) is 30.0 Å². The zero-order valence-corrected chi connectivity index (χ0v) is 13.6. The van der Waals surface area contributed by atoms with E-state index >= 15 is 0 Å². The van der Waals surface area contributed by atoms with Gasteiger partial charge in [-0.2, -0.15) is 0 Å².